The zero-order valence-corrected chi connectivity index (χ0v) is 11.9. The number of rotatable bonds is 4. The summed E-state index contributed by atoms with van der Waals surface area (Å²) in [6.07, 6.45) is 2.85. The minimum atomic E-state index is -0.0412. The van der Waals surface area contributed by atoms with E-state index in [-0.39, 0.29) is 5.91 Å². The highest BCUT2D eigenvalue weighted by Crippen LogP contribution is 2.16. The SMILES string of the molecule is CCc1cnc(CN(C)C(=O)c2cccc(N)c2)s1. The van der Waals surface area contributed by atoms with Crippen LogP contribution in [0.15, 0.2) is 30.5 Å². The van der Waals surface area contributed by atoms with E-state index in [0.29, 0.717) is 17.8 Å². The number of amides is 1. The summed E-state index contributed by atoms with van der Waals surface area (Å²) in [4.78, 5) is 19.4. The number of aromatic nitrogens is 1. The number of anilines is 1. The third-order valence-corrected chi connectivity index (χ3v) is 3.93. The van der Waals surface area contributed by atoms with Gasteiger partial charge < -0.3 is 10.6 Å². The normalized spacial score (nSPS) is 10.4. The van der Waals surface area contributed by atoms with Gasteiger partial charge in [0.25, 0.3) is 5.91 Å². The van der Waals surface area contributed by atoms with Gasteiger partial charge in [-0.05, 0) is 24.6 Å². The summed E-state index contributed by atoms with van der Waals surface area (Å²) in [5.41, 5.74) is 6.89. The third-order valence-electron chi connectivity index (χ3n) is 2.80. The second-order valence-electron chi connectivity index (χ2n) is 4.36. The average molecular weight is 275 g/mol. The van der Waals surface area contributed by atoms with Crippen LogP contribution in [0, 0.1) is 0 Å². The molecule has 0 aliphatic rings. The molecule has 0 atom stereocenters. The Labute approximate surface area is 116 Å². The molecule has 0 spiro atoms. The van der Waals surface area contributed by atoms with Crippen molar-refractivity contribution in [3.8, 4) is 0 Å². The molecule has 0 fully saturated rings. The molecule has 100 valence electrons. The molecule has 0 saturated heterocycles. The molecule has 2 rings (SSSR count). The number of hydrogen-bond acceptors (Lipinski definition) is 4. The Morgan fingerprint density at radius 1 is 1.47 bits per heavy atom. The zero-order valence-electron chi connectivity index (χ0n) is 11.1. The highest BCUT2D eigenvalue weighted by atomic mass is 32.1. The molecular formula is C14H17N3OS. The summed E-state index contributed by atoms with van der Waals surface area (Å²) in [5, 5.41) is 0.955. The van der Waals surface area contributed by atoms with E-state index in [2.05, 4.69) is 11.9 Å². The van der Waals surface area contributed by atoms with Gasteiger partial charge in [-0.25, -0.2) is 4.98 Å². The van der Waals surface area contributed by atoms with Gasteiger partial charge in [0.15, 0.2) is 0 Å². The highest BCUT2D eigenvalue weighted by Gasteiger charge is 2.13. The molecule has 4 nitrogen and oxygen atoms in total. The lowest BCUT2D eigenvalue weighted by molar-refractivity contribution is 0.0785. The first-order chi connectivity index (χ1) is 9.10. The molecular weight excluding hydrogens is 258 g/mol. The second-order valence-corrected chi connectivity index (χ2v) is 5.56. The van der Waals surface area contributed by atoms with Crippen LogP contribution in [0.2, 0.25) is 0 Å². The molecule has 0 bridgehead atoms. The van der Waals surface area contributed by atoms with Crippen molar-refractivity contribution in [3.63, 3.8) is 0 Å². The molecule has 0 aliphatic heterocycles. The summed E-state index contributed by atoms with van der Waals surface area (Å²) in [5.74, 6) is -0.0412. The molecule has 19 heavy (non-hydrogen) atoms. The number of carbonyl (C=O) groups excluding carboxylic acids is 1. The highest BCUT2D eigenvalue weighted by molar-refractivity contribution is 7.11. The number of nitrogens with zero attached hydrogens (tertiary/aromatic N) is 2. The lowest BCUT2D eigenvalue weighted by Gasteiger charge is -2.15. The van der Waals surface area contributed by atoms with Gasteiger partial charge in [-0.1, -0.05) is 13.0 Å². The molecule has 2 aromatic rings. The summed E-state index contributed by atoms with van der Waals surface area (Å²) in [6, 6.07) is 7.02. The van der Waals surface area contributed by atoms with Crippen molar-refractivity contribution in [3.05, 3.63) is 45.9 Å². The van der Waals surface area contributed by atoms with Gasteiger partial charge in [0.2, 0.25) is 0 Å². The zero-order chi connectivity index (χ0) is 13.8. The van der Waals surface area contributed by atoms with E-state index < -0.39 is 0 Å². The number of aryl methyl sites for hydroxylation is 1. The molecule has 1 aromatic heterocycles. The first-order valence-corrected chi connectivity index (χ1v) is 6.96. The molecule has 1 aromatic carbocycles. The standard InChI is InChI=1S/C14H17N3OS/c1-3-12-8-16-13(19-12)9-17(2)14(18)10-5-4-6-11(15)7-10/h4-8H,3,9,15H2,1-2H3. The molecule has 0 unspecified atom stereocenters. The van der Waals surface area contributed by atoms with E-state index in [4.69, 9.17) is 5.73 Å². The number of thiazole rings is 1. The lowest BCUT2D eigenvalue weighted by Crippen LogP contribution is -2.26. The molecule has 0 saturated carbocycles. The molecule has 2 N–H and O–H groups in total. The summed E-state index contributed by atoms with van der Waals surface area (Å²) >= 11 is 1.65. The number of carbonyl (C=O) groups is 1. The van der Waals surface area contributed by atoms with Gasteiger partial charge in [-0.15, -0.1) is 11.3 Å². The van der Waals surface area contributed by atoms with Crippen LogP contribution in [0.1, 0.15) is 27.2 Å². The van der Waals surface area contributed by atoms with Crippen LogP contribution in [0.25, 0.3) is 0 Å². The topological polar surface area (TPSA) is 59.2 Å². The predicted molar refractivity (Wildman–Crippen MR) is 78.1 cm³/mol. The van der Waals surface area contributed by atoms with Crippen LogP contribution in [-0.2, 0) is 13.0 Å². The van der Waals surface area contributed by atoms with Crippen molar-refractivity contribution >= 4 is 22.9 Å². The average Bonchev–Trinajstić information content (AvgIpc) is 2.85. The van der Waals surface area contributed by atoms with Gasteiger partial charge in [0.1, 0.15) is 5.01 Å². The smallest absolute Gasteiger partial charge is 0.254 e. The van der Waals surface area contributed by atoms with Gasteiger partial charge in [-0.2, -0.15) is 0 Å². The van der Waals surface area contributed by atoms with Gasteiger partial charge in [-0.3, -0.25) is 4.79 Å². The largest absolute Gasteiger partial charge is 0.399 e. The molecule has 5 heteroatoms. The van der Waals surface area contributed by atoms with E-state index in [9.17, 15) is 4.79 Å². The van der Waals surface area contributed by atoms with Crippen molar-refractivity contribution in [1.82, 2.24) is 9.88 Å². The maximum atomic E-state index is 12.2. The monoisotopic (exact) mass is 275 g/mol. The van der Waals surface area contributed by atoms with Crippen molar-refractivity contribution in [1.29, 1.82) is 0 Å². The minimum absolute atomic E-state index is 0.0412. The second kappa shape index (κ2) is 5.84. The van der Waals surface area contributed by atoms with E-state index in [1.54, 1.807) is 47.5 Å². The Morgan fingerprint density at radius 3 is 2.89 bits per heavy atom. The Hall–Kier alpha value is -1.88. The van der Waals surface area contributed by atoms with Crippen LogP contribution >= 0.6 is 11.3 Å². The Balaban J connectivity index is 2.07. The number of hydrogen-bond donors (Lipinski definition) is 1. The van der Waals surface area contributed by atoms with Crippen LogP contribution in [0.3, 0.4) is 0 Å². The summed E-state index contributed by atoms with van der Waals surface area (Å²) in [6.45, 7) is 2.62. The quantitative estimate of drug-likeness (QED) is 0.872. The van der Waals surface area contributed by atoms with E-state index in [1.807, 2.05) is 6.20 Å². The third kappa shape index (κ3) is 3.32. The van der Waals surface area contributed by atoms with Crippen molar-refractivity contribution in [2.75, 3.05) is 12.8 Å². The Kier molecular flexibility index (Phi) is 4.16. The maximum absolute atomic E-state index is 12.2. The van der Waals surface area contributed by atoms with Gasteiger partial charge in [0.05, 0.1) is 6.54 Å². The van der Waals surface area contributed by atoms with Crippen molar-refractivity contribution < 1.29 is 4.79 Å². The Morgan fingerprint density at radius 2 is 2.26 bits per heavy atom. The first kappa shape index (κ1) is 13.5. The minimum Gasteiger partial charge on any atom is -0.399 e. The van der Waals surface area contributed by atoms with Crippen molar-refractivity contribution in [2.45, 2.75) is 19.9 Å². The van der Waals surface area contributed by atoms with Gasteiger partial charge in [0, 0.05) is 29.4 Å². The summed E-state index contributed by atoms with van der Waals surface area (Å²) < 4.78 is 0. The molecule has 1 heterocycles. The van der Waals surface area contributed by atoms with Crippen molar-refractivity contribution in [2.24, 2.45) is 0 Å². The Bertz CT molecular complexity index is 580. The molecule has 1 amide bonds. The van der Waals surface area contributed by atoms with E-state index in [1.165, 1.54) is 4.88 Å². The van der Waals surface area contributed by atoms with Crippen LogP contribution in [-0.4, -0.2) is 22.8 Å². The maximum Gasteiger partial charge on any atom is 0.254 e. The molecule has 0 aliphatic carbocycles. The van der Waals surface area contributed by atoms with Crippen LogP contribution in [0.4, 0.5) is 5.69 Å². The summed E-state index contributed by atoms with van der Waals surface area (Å²) in [7, 11) is 1.78. The number of benzene rings is 1. The fraction of sp³-hybridized carbons (Fsp3) is 0.286. The van der Waals surface area contributed by atoms with Crippen LogP contribution in [0.5, 0.6) is 0 Å². The van der Waals surface area contributed by atoms with E-state index >= 15 is 0 Å². The van der Waals surface area contributed by atoms with Gasteiger partial charge >= 0.3 is 0 Å². The van der Waals surface area contributed by atoms with E-state index in [0.717, 1.165) is 11.4 Å². The first-order valence-electron chi connectivity index (χ1n) is 6.14. The van der Waals surface area contributed by atoms with Crippen LogP contribution < -0.4 is 5.73 Å². The molecule has 0 radical (unpaired) electrons. The fourth-order valence-electron chi connectivity index (χ4n) is 1.75. The fourth-order valence-corrected chi connectivity index (χ4v) is 2.67. The lowest BCUT2D eigenvalue weighted by atomic mass is 10.2. The number of nitrogens with two attached hydrogens (primary N) is 1. The predicted octanol–water partition coefficient (Wildman–Crippen LogP) is 2.56. The number of nitrogen functional groups attached to an aromatic ring is 1.